The first-order valence-corrected chi connectivity index (χ1v) is 18.0. The average Bonchev–Trinajstić information content (AvgIpc) is 3.16. The minimum Gasteiger partial charge on any atom is -0.399 e. The predicted molar refractivity (Wildman–Crippen MR) is 196 cm³/mol. The highest BCUT2D eigenvalue weighted by Gasteiger charge is 2.31. The Morgan fingerprint density at radius 1 is 0.780 bits per heavy atom. The number of nitrogens with one attached hydrogen (secondary N) is 1. The van der Waals surface area contributed by atoms with Gasteiger partial charge in [0.1, 0.15) is 31.5 Å². The molecule has 0 aliphatic carbocycles. The van der Waals surface area contributed by atoms with E-state index in [1.165, 1.54) is 18.4 Å². The number of hydrogen-bond donors (Lipinski definition) is 2. The van der Waals surface area contributed by atoms with Gasteiger partial charge in [-0.25, -0.2) is 4.98 Å². The van der Waals surface area contributed by atoms with E-state index in [1.54, 1.807) is 32.8 Å². The monoisotopic (exact) mass is 683 g/mol. The zero-order chi connectivity index (χ0) is 35.0. The maximum Gasteiger partial charge on any atom is 0.225 e. The molecule has 0 atom stereocenters. The molecule has 3 N–H and O–H groups in total. The van der Waals surface area contributed by atoms with Gasteiger partial charge in [0.25, 0.3) is 0 Å². The van der Waals surface area contributed by atoms with Gasteiger partial charge in [-0.2, -0.15) is 0 Å². The third-order valence-corrected chi connectivity index (χ3v) is 9.86. The summed E-state index contributed by atoms with van der Waals surface area (Å²) >= 11 is 0. The fraction of sp³-hybridized carbons (Fsp3) is 0.526. The van der Waals surface area contributed by atoms with Crippen LogP contribution >= 0.6 is 0 Å². The van der Waals surface area contributed by atoms with Gasteiger partial charge in [0, 0.05) is 44.1 Å². The smallest absolute Gasteiger partial charge is 0.225 e. The van der Waals surface area contributed by atoms with Crippen LogP contribution in [0.3, 0.4) is 0 Å². The van der Waals surface area contributed by atoms with Crippen molar-refractivity contribution in [2.75, 3.05) is 59.2 Å². The minimum absolute atomic E-state index is 0.138. The number of nitrogens with two attached hydrogens (primary N) is 1. The number of likely N-dealkylation sites (tertiary alicyclic amines) is 2. The maximum absolute atomic E-state index is 13.1. The van der Waals surface area contributed by atoms with Gasteiger partial charge in [-0.1, -0.05) is 22.4 Å². The summed E-state index contributed by atoms with van der Waals surface area (Å²) < 4.78 is 0. The van der Waals surface area contributed by atoms with Crippen molar-refractivity contribution in [1.29, 1.82) is 0 Å². The van der Waals surface area contributed by atoms with E-state index in [2.05, 4.69) is 40.4 Å². The number of rotatable bonds is 11. The van der Waals surface area contributed by atoms with Gasteiger partial charge in [-0.05, 0) is 131 Å². The van der Waals surface area contributed by atoms with E-state index in [1.807, 2.05) is 48.5 Å². The molecule has 268 valence electrons. The first-order chi connectivity index (χ1) is 24.5. The molecule has 3 aromatic rings. The minimum atomic E-state index is 0.138. The highest BCUT2D eigenvalue weighted by molar-refractivity contribution is 5.99. The van der Waals surface area contributed by atoms with E-state index in [0.29, 0.717) is 23.6 Å². The second-order valence-electron chi connectivity index (χ2n) is 13.4. The molecule has 3 aliphatic heterocycles. The van der Waals surface area contributed by atoms with Crippen LogP contribution in [0.25, 0.3) is 0 Å². The number of piperidine rings is 3. The predicted octanol–water partition coefficient (Wildman–Crippen LogP) is 4.77. The lowest BCUT2D eigenvalue weighted by molar-refractivity contribution is -0.138. The fourth-order valence-electron chi connectivity index (χ4n) is 7.10. The van der Waals surface area contributed by atoms with Crippen LogP contribution in [0.2, 0.25) is 0 Å². The Labute approximate surface area is 296 Å². The van der Waals surface area contributed by atoms with E-state index in [4.69, 9.17) is 15.4 Å². The Morgan fingerprint density at radius 2 is 1.36 bits per heavy atom. The van der Waals surface area contributed by atoms with E-state index in [9.17, 15) is 4.79 Å². The number of carbonyl (C=O) groups is 1. The van der Waals surface area contributed by atoms with Gasteiger partial charge in [-0.15, -0.1) is 0 Å². The summed E-state index contributed by atoms with van der Waals surface area (Å²) in [6.45, 7) is 6.60. The molecule has 0 aromatic carbocycles. The van der Waals surface area contributed by atoms with Crippen LogP contribution in [0.5, 0.6) is 0 Å². The first kappa shape index (κ1) is 36.9. The number of nitrogen functional groups attached to an aromatic ring is 1. The van der Waals surface area contributed by atoms with E-state index < -0.39 is 0 Å². The molecule has 50 heavy (non-hydrogen) atoms. The van der Waals surface area contributed by atoms with Gasteiger partial charge in [-0.3, -0.25) is 19.7 Å². The Balaban J connectivity index is 0.000000240. The number of nitrogens with zero attached hydrogens (tertiary/aromatic N) is 7. The normalized spacial score (nSPS) is 18.6. The van der Waals surface area contributed by atoms with Crippen molar-refractivity contribution in [1.82, 2.24) is 30.1 Å². The molecule has 6 heterocycles. The molecule has 6 rings (SSSR count). The van der Waals surface area contributed by atoms with Crippen molar-refractivity contribution in [3.63, 3.8) is 0 Å². The van der Waals surface area contributed by atoms with Gasteiger partial charge in [0.15, 0.2) is 0 Å². The molecule has 1 amide bonds. The van der Waals surface area contributed by atoms with Crippen molar-refractivity contribution in [2.24, 2.45) is 28.1 Å². The molecule has 0 radical (unpaired) electrons. The van der Waals surface area contributed by atoms with Crippen LogP contribution in [0, 0.1) is 17.8 Å². The Kier molecular flexibility index (Phi) is 14.5. The summed E-state index contributed by atoms with van der Waals surface area (Å²) in [5, 5.41) is 11.7. The van der Waals surface area contributed by atoms with Gasteiger partial charge in [0.2, 0.25) is 5.91 Å². The number of anilines is 1. The maximum atomic E-state index is 13.1. The summed E-state index contributed by atoms with van der Waals surface area (Å²) in [6, 6.07) is 15.6. The molecule has 12 nitrogen and oxygen atoms in total. The molecular formula is C38H53N9O3. The number of aromatic nitrogens is 3. The quantitative estimate of drug-likeness (QED) is 0.216. The second-order valence-corrected chi connectivity index (χ2v) is 13.4. The molecule has 3 fully saturated rings. The zero-order valence-corrected chi connectivity index (χ0v) is 29.6. The molecule has 3 aliphatic rings. The number of pyridine rings is 3. The number of hydrogen-bond acceptors (Lipinski definition) is 11. The van der Waals surface area contributed by atoms with Gasteiger partial charge in [0.05, 0.1) is 11.4 Å². The molecule has 3 saturated heterocycles. The van der Waals surface area contributed by atoms with Crippen LogP contribution in [0.15, 0.2) is 77.4 Å². The zero-order valence-electron chi connectivity index (χ0n) is 29.6. The molecule has 0 saturated carbocycles. The Hall–Kier alpha value is -4.42. The van der Waals surface area contributed by atoms with Crippen molar-refractivity contribution >= 4 is 23.1 Å². The Bertz CT molecular complexity index is 1500. The third kappa shape index (κ3) is 11.3. The molecule has 12 heteroatoms. The molecule has 0 unspecified atom stereocenters. The van der Waals surface area contributed by atoms with Crippen LogP contribution in [0.1, 0.15) is 68.3 Å². The number of carbonyl (C=O) groups excluding carboxylic acids is 1. The van der Waals surface area contributed by atoms with E-state index in [-0.39, 0.29) is 5.92 Å². The summed E-state index contributed by atoms with van der Waals surface area (Å²) in [4.78, 5) is 40.4. The van der Waals surface area contributed by atoms with Crippen LogP contribution in [0.4, 0.5) is 5.82 Å². The van der Waals surface area contributed by atoms with Crippen LogP contribution in [-0.2, 0) is 21.0 Å². The standard InChI is InChI=1S/C25H34N6O2.C13H19N3O/c1-33-29-23(22-4-2-3-10-27-22)16-19-6-14-31(15-7-19)25(32)21-8-12-30(13-9-21)18-20-5-11-28-24(26)17-20;1-17-16-13(12-4-2-3-7-15-12)10-11-5-8-14-9-6-11/h2-5,10-11,17,19,21H,6-9,12-16,18H2,1H3,(H2,26,28);2-4,7,11,14H,5-6,8-10H2,1H3. The average molecular weight is 684 g/mol. The molecule has 3 aromatic heterocycles. The third-order valence-electron chi connectivity index (χ3n) is 9.86. The van der Waals surface area contributed by atoms with Gasteiger partial charge >= 0.3 is 0 Å². The topological polar surface area (TPSA) is 143 Å². The summed E-state index contributed by atoms with van der Waals surface area (Å²) in [7, 11) is 3.16. The first-order valence-electron chi connectivity index (χ1n) is 18.0. The lowest BCUT2D eigenvalue weighted by Crippen LogP contribution is -2.45. The van der Waals surface area contributed by atoms with Crippen molar-refractivity contribution in [2.45, 2.75) is 57.9 Å². The van der Waals surface area contributed by atoms with E-state index in [0.717, 1.165) is 107 Å². The summed E-state index contributed by atoms with van der Waals surface area (Å²) in [6.07, 6.45) is 13.3. The highest BCUT2D eigenvalue weighted by Crippen LogP contribution is 2.27. The van der Waals surface area contributed by atoms with Crippen molar-refractivity contribution < 1.29 is 14.5 Å². The number of oxime groups is 2. The summed E-state index contributed by atoms with van der Waals surface area (Å²) in [5.74, 6) is 2.20. The molecular weight excluding hydrogens is 630 g/mol. The highest BCUT2D eigenvalue weighted by atomic mass is 16.6. The lowest BCUT2D eigenvalue weighted by Gasteiger charge is -2.37. The summed E-state index contributed by atoms with van der Waals surface area (Å²) in [5.41, 5.74) is 10.6. The Morgan fingerprint density at radius 3 is 1.88 bits per heavy atom. The molecule has 0 bridgehead atoms. The number of amides is 1. The second kappa shape index (κ2) is 19.7. The van der Waals surface area contributed by atoms with Crippen molar-refractivity contribution in [3.05, 3.63) is 84.1 Å². The largest absolute Gasteiger partial charge is 0.399 e. The van der Waals surface area contributed by atoms with E-state index >= 15 is 0 Å². The van der Waals surface area contributed by atoms with Crippen LogP contribution < -0.4 is 11.1 Å². The SMILES string of the molecule is CON=C(CC1CCN(C(=O)C2CCN(Cc3ccnc(N)c3)CC2)CC1)c1ccccn1.CON=C(CC1CCNCC1)c1ccccn1. The van der Waals surface area contributed by atoms with Crippen molar-refractivity contribution in [3.8, 4) is 0 Å². The fourth-order valence-corrected chi connectivity index (χ4v) is 7.10. The van der Waals surface area contributed by atoms with Gasteiger partial charge < -0.3 is 25.6 Å². The van der Waals surface area contributed by atoms with Crippen LogP contribution in [-0.4, -0.2) is 95.6 Å². The lowest BCUT2D eigenvalue weighted by atomic mass is 9.88. The molecule has 0 spiro atoms.